The number of hydrogen-bond acceptors (Lipinski definition) is 4. The Morgan fingerprint density at radius 2 is 2.11 bits per heavy atom. The van der Waals surface area contributed by atoms with Crippen molar-refractivity contribution in [3.05, 3.63) is 0 Å². The fourth-order valence-corrected chi connectivity index (χ4v) is 4.04. The Balaban J connectivity index is 1.54. The smallest absolute Gasteiger partial charge is 0.193 e. The van der Waals surface area contributed by atoms with Gasteiger partial charge in [-0.2, -0.15) is 0 Å². The molecule has 2 fully saturated rings. The maximum atomic E-state index is 9.69. The normalized spacial score (nSPS) is 28.3. The van der Waals surface area contributed by atoms with E-state index in [1.54, 1.807) is 0 Å². The van der Waals surface area contributed by atoms with Crippen molar-refractivity contribution in [2.45, 2.75) is 38.5 Å². The van der Waals surface area contributed by atoms with Crippen molar-refractivity contribution in [3.8, 4) is 0 Å². The monoisotopic (exact) mass is 251 g/mol. The summed E-state index contributed by atoms with van der Waals surface area (Å²) in [6.07, 6.45) is 7.73. The van der Waals surface area contributed by atoms with Crippen molar-refractivity contribution in [3.63, 3.8) is 0 Å². The third-order valence-corrected chi connectivity index (χ3v) is 5.15. The summed E-state index contributed by atoms with van der Waals surface area (Å²) in [7, 11) is 2.09. The first-order chi connectivity index (χ1) is 8.67. The average Bonchev–Trinajstić information content (AvgIpc) is 2.28. The van der Waals surface area contributed by atoms with Crippen molar-refractivity contribution >= 4 is 5.96 Å². The van der Waals surface area contributed by atoms with E-state index in [9.17, 15) is 5.11 Å². The molecule has 0 amide bonds. The van der Waals surface area contributed by atoms with Crippen molar-refractivity contribution in [2.24, 2.45) is 15.8 Å². The summed E-state index contributed by atoms with van der Waals surface area (Å²) < 4.78 is 0. The van der Waals surface area contributed by atoms with Crippen molar-refractivity contribution in [2.75, 3.05) is 33.3 Å². The van der Waals surface area contributed by atoms with E-state index in [-0.39, 0.29) is 5.41 Å². The van der Waals surface area contributed by atoms with Gasteiger partial charge in [0.25, 0.3) is 0 Å². The van der Waals surface area contributed by atoms with Crippen LogP contribution in [0.5, 0.6) is 0 Å². The van der Waals surface area contributed by atoms with Crippen LogP contribution >= 0.6 is 0 Å². The minimum Gasteiger partial charge on any atom is -0.396 e. The van der Waals surface area contributed by atoms with Gasteiger partial charge >= 0.3 is 0 Å². The molecular formula is C14H25N3O. The molecule has 2 N–H and O–H groups in total. The number of aliphatic hydroxyl groups is 1. The molecule has 0 atom stereocenters. The van der Waals surface area contributed by atoms with E-state index in [0.29, 0.717) is 12.0 Å². The molecule has 1 heterocycles. The molecule has 3 aliphatic rings. The maximum Gasteiger partial charge on any atom is 0.193 e. The van der Waals surface area contributed by atoms with Gasteiger partial charge in [0.1, 0.15) is 0 Å². The van der Waals surface area contributed by atoms with E-state index in [1.807, 2.05) is 0 Å². The summed E-state index contributed by atoms with van der Waals surface area (Å²) in [6.45, 7) is 3.22. The molecule has 102 valence electrons. The molecule has 1 aliphatic heterocycles. The first kappa shape index (κ1) is 12.3. The molecule has 4 heteroatoms. The van der Waals surface area contributed by atoms with E-state index < -0.39 is 0 Å². The predicted molar refractivity (Wildman–Crippen MR) is 72.6 cm³/mol. The molecule has 0 unspecified atom stereocenters. The Labute approximate surface area is 109 Å². The van der Waals surface area contributed by atoms with Crippen LogP contribution in [0.2, 0.25) is 0 Å². The summed E-state index contributed by atoms with van der Waals surface area (Å²) in [5.41, 5.74) is 0.742. The van der Waals surface area contributed by atoms with Gasteiger partial charge in [0.05, 0.1) is 6.61 Å². The van der Waals surface area contributed by atoms with Crippen LogP contribution in [0, 0.1) is 10.8 Å². The number of aliphatic imine (C=N–C) groups is 1. The molecule has 1 spiro atoms. The Morgan fingerprint density at radius 1 is 1.33 bits per heavy atom. The quantitative estimate of drug-likeness (QED) is 0.792. The van der Waals surface area contributed by atoms with Crippen LogP contribution in [0.3, 0.4) is 0 Å². The highest BCUT2D eigenvalue weighted by atomic mass is 16.3. The van der Waals surface area contributed by atoms with E-state index in [2.05, 4.69) is 22.3 Å². The van der Waals surface area contributed by atoms with E-state index in [0.717, 1.165) is 32.0 Å². The Bertz CT molecular complexity index is 341. The Morgan fingerprint density at radius 3 is 2.67 bits per heavy atom. The minimum atomic E-state index is 0.126. The second-order valence-corrected chi connectivity index (χ2v) is 6.70. The summed E-state index contributed by atoms with van der Waals surface area (Å²) in [5.74, 6) is 1.02. The van der Waals surface area contributed by atoms with E-state index in [4.69, 9.17) is 0 Å². The van der Waals surface area contributed by atoms with Crippen molar-refractivity contribution in [1.82, 2.24) is 10.2 Å². The van der Waals surface area contributed by atoms with Gasteiger partial charge in [-0.05, 0) is 37.5 Å². The lowest BCUT2D eigenvalue weighted by molar-refractivity contribution is -0.117. The predicted octanol–water partition coefficient (Wildman–Crippen LogP) is 1.21. The van der Waals surface area contributed by atoms with Crippen LogP contribution in [0.15, 0.2) is 4.99 Å². The number of aliphatic hydroxyl groups excluding tert-OH is 1. The second kappa shape index (κ2) is 4.41. The fraction of sp³-hybridized carbons (Fsp3) is 0.929. The molecule has 0 saturated heterocycles. The molecule has 2 saturated carbocycles. The SMILES string of the molecule is CN1CCCN=C1NCC1(CO)CC2(CCC2)C1. The van der Waals surface area contributed by atoms with Gasteiger partial charge in [-0.1, -0.05) is 6.42 Å². The minimum absolute atomic E-state index is 0.126. The number of nitrogens with zero attached hydrogens (tertiary/aromatic N) is 2. The zero-order valence-corrected chi connectivity index (χ0v) is 11.4. The lowest BCUT2D eigenvalue weighted by Crippen LogP contribution is -2.58. The number of guanidine groups is 1. The average molecular weight is 251 g/mol. The van der Waals surface area contributed by atoms with Crippen molar-refractivity contribution < 1.29 is 5.11 Å². The molecule has 0 aromatic rings. The summed E-state index contributed by atoms with van der Waals surface area (Å²) in [6, 6.07) is 0. The van der Waals surface area contributed by atoms with E-state index in [1.165, 1.54) is 32.1 Å². The zero-order chi connectivity index (χ0) is 12.6. The number of rotatable bonds is 3. The lowest BCUT2D eigenvalue weighted by Gasteiger charge is -2.61. The molecule has 2 aliphatic carbocycles. The molecule has 0 radical (unpaired) electrons. The van der Waals surface area contributed by atoms with Gasteiger partial charge in [0.15, 0.2) is 5.96 Å². The van der Waals surface area contributed by atoms with Crippen LogP contribution in [-0.4, -0.2) is 49.3 Å². The maximum absolute atomic E-state index is 9.69. The highest BCUT2D eigenvalue weighted by Gasteiger charge is 2.56. The molecule has 3 rings (SSSR count). The number of hydrogen-bond donors (Lipinski definition) is 2. The molecular weight excluding hydrogens is 226 g/mol. The summed E-state index contributed by atoms with van der Waals surface area (Å²) in [5, 5.41) is 13.2. The Hall–Kier alpha value is -0.770. The third-order valence-electron chi connectivity index (χ3n) is 5.15. The molecule has 0 aromatic heterocycles. The van der Waals surface area contributed by atoms with Crippen LogP contribution in [0.25, 0.3) is 0 Å². The molecule has 0 aromatic carbocycles. The van der Waals surface area contributed by atoms with Crippen molar-refractivity contribution in [1.29, 1.82) is 0 Å². The topological polar surface area (TPSA) is 47.9 Å². The first-order valence-electron chi connectivity index (χ1n) is 7.28. The highest BCUT2D eigenvalue weighted by molar-refractivity contribution is 5.80. The van der Waals surface area contributed by atoms with Crippen LogP contribution in [0.4, 0.5) is 0 Å². The fourth-order valence-electron chi connectivity index (χ4n) is 4.04. The summed E-state index contributed by atoms with van der Waals surface area (Å²) in [4.78, 5) is 6.71. The standard InChI is InChI=1S/C14H25N3O/c1-17-7-3-6-15-12(17)16-10-14(11-18)8-13(9-14)4-2-5-13/h18H,2-11H2,1H3,(H,15,16). The number of nitrogens with one attached hydrogen (secondary N) is 1. The van der Waals surface area contributed by atoms with Gasteiger partial charge in [0, 0.05) is 32.1 Å². The van der Waals surface area contributed by atoms with Gasteiger partial charge < -0.3 is 15.3 Å². The summed E-state index contributed by atoms with van der Waals surface area (Å²) >= 11 is 0. The highest BCUT2D eigenvalue weighted by Crippen LogP contribution is 2.63. The largest absolute Gasteiger partial charge is 0.396 e. The molecule has 0 bridgehead atoms. The van der Waals surface area contributed by atoms with Gasteiger partial charge in [-0.3, -0.25) is 4.99 Å². The van der Waals surface area contributed by atoms with Crippen LogP contribution < -0.4 is 5.32 Å². The molecule has 4 nitrogen and oxygen atoms in total. The molecule has 18 heavy (non-hydrogen) atoms. The van der Waals surface area contributed by atoms with E-state index >= 15 is 0 Å². The van der Waals surface area contributed by atoms with Crippen LogP contribution in [-0.2, 0) is 0 Å². The third kappa shape index (κ3) is 2.00. The zero-order valence-electron chi connectivity index (χ0n) is 11.4. The first-order valence-corrected chi connectivity index (χ1v) is 7.28. The second-order valence-electron chi connectivity index (χ2n) is 6.70. The van der Waals surface area contributed by atoms with Gasteiger partial charge in [-0.25, -0.2) is 0 Å². The van der Waals surface area contributed by atoms with Gasteiger partial charge in [-0.15, -0.1) is 0 Å². The van der Waals surface area contributed by atoms with Crippen LogP contribution in [0.1, 0.15) is 38.5 Å². The lowest BCUT2D eigenvalue weighted by atomic mass is 9.45. The van der Waals surface area contributed by atoms with Gasteiger partial charge in [0.2, 0.25) is 0 Å². The Kier molecular flexibility index (Phi) is 3.00.